The summed E-state index contributed by atoms with van der Waals surface area (Å²) < 4.78 is 5.53. The number of hydrogen-bond donors (Lipinski definition) is 2. The van der Waals surface area contributed by atoms with Gasteiger partial charge in [-0.05, 0) is 111 Å². The van der Waals surface area contributed by atoms with Crippen LogP contribution in [-0.2, 0) is 26.5 Å². The van der Waals surface area contributed by atoms with Crippen molar-refractivity contribution in [2.45, 2.75) is 90.4 Å². The zero-order valence-corrected chi connectivity index (χ0v) is 32.3. The molecule has 8 nitrogen and oxygen atoms in total. The lowest BCUT2D eigenvalue weighted by Gasteiger charge is -2.39. The van der Waals surface area contributed by atoms with Gasteiger partial charge in [-0.25, -0.2) is 4.79 Å². The van der Waals surface area contributed by atoms with Crippen LogP contribution >= 0.6 is 25.3 Å². The number of unbranched alkanes of at least 4 members (excludes halogenated alkanes) is 3. The largest absolute Gasteiger partial charge is 0.379 e. The maximum Gasteiger partial charge on any atom is 0.335 e. The molecule has 0 amide bonds. The highest BCUT2D eigenvalue weighted by Crippen LogP contribution is 2.38. The third kappa shape index (κ3) is 10.8. The number of carbonyl (C=O) groups is 3. The van der Waals surface area contributed by atoms with Crippen molar-refractivity contribution in [2.75, 3.05) is 37.0 Å². The molecule has 3 aromatic rings. The maximum absolute atomic E-state index is 13.9. The van der Waals surface area contributed by atoms with Crippen molar-refractivity contribution >= 4 is 65.6 Å². The minimum Gasteiger partial charge on any atom is -0.379 e. The minimum absolute atomic E-state index is 0.0539. The predicted molar refractivity (Wildman–Crippen MR) is 214 cm³/mol. The molecule has 10 heteroatoms. The van der Waals surface area contributed by atoms with E-state index in [1.54, 1.807) is 12.1 Å². The predicted octanol–water partition coefficient (Wildman–Crippen LogP) is 9.20. The molecule has 0 aliphatic carbocycles. The topological polar surface area (TPSA) is 88.5 Å². The molecule has 274 valence electrons. The Hall–Kier alpha value is -3.44. The standard InChI is InChI=1S/C41H53N3O5S2/c1-5-7-8-9-12-38(45)49-42-36(11-10-27-50)39(46)31-15-20-35(21-16-31)44(34-18-13-30(6-2)14-19-34)37-22-17-32(28-33(37)29-51)40(47)41(3,4)43-23-25-48-26-24-43/h13-22,28,50-51H,5-12,23-27,29H2,1-4H3/b42-36+. The molecule has 0 spiro atoms. The van der Waals surface area contributed by atoms with Crippen LogP contribution in [0, 0.1) is 0 Å². The van der Waals surface area contributed by atoms with Gasteiger partial charge in [-0.15, -0.1) is 0 Å². The molecule has 0 saturated carbocycles. The third-order valence-corrected chi connectivity index (χ3v) is 10.1. The van der Waals surface area contributed by atoms with Gasteiger partial charge in [-0.1, -0.05) is 50.4 Å². The maximum atomic E-state index is 13.9. The van der Waals surface area contributed by atoms with Crippen LogP contribution < -0.4 is 4.90 Å². The van der Waals surface area contributed by atoms with Crippen molar-refractivity contribution in [3.63, 3.8) is 0 Å². The van der Waals surface area contributed by atoms with Crippen molar-refractivity contribution in [1.29, 1.82) is 0 Å². The lowest BCUT2D eigenvalue weighted by atomic mass is 9.89. The van der Waals surface area contributed by atoms with Gasteiger partial charge in [0.05, 0.1) is 24.4 Å². The molecule has 0 unspecified atom stereocenters. The fourth-order valence-electron chi connectivity index (χ4n) is 6.22. The van der Waals surface area contributed by atoms with E-state index < -0.39 is 11.5 Å². The Bertz CT molecular complexity index is 1630. The molecule has 3 aromatic carbocycles. The number of morpholine rings is 1. The van der Waals surface area contributed by atoms with Gasteiger partial charge in [0.1, 0.15) is 5.71 Å². The van der Waals surface area contributed by atoms with Crippen molar-refractivity contribution in [3.8, 4) is 0 Å². The lowest BCUT2D eigenvalue weighted by Crippen LogP contribution is -2.54. The molecular formula is C41H53N3O5S2. The smallest absolute Gasteiger partial charge is 0.335 e. The average Bonchev–Trinajstić information content (AvgIpc) is 3.17. The second kappa shape index (κ2) is 20.0. The summed E-state index contributed by atoms with van der Waals surface area (Å²) in [5.41, 5.74) is 5.37. The summed E-state index contributed by atoms with van der Waals surface area (Å²) in [5, 5.41) is 4.03. The molecule has 0 bridgehead atoms. The number of hydrogen-bond acceptors (Lipinski definition) is 10. The van der Waals surface area contributed by atoms with E-state index in [-0.39, 0.29) is 23.7 Å². The van der Waals surface area contributed by atoms with Gasteiger partial charge in [-0.2, -0.15) is 25.3 Å². The van der Waals surface area contributed by atoms with Gasteiger partial charge in [0.2, 0.25) is 5.78 Å². The first-order valence-corrected chi connectivity index (χ1v) is 19.4. The van der Waals surface area contributed by atoms with Crippen LogP contribution in [0.1, 0.15) is 104 Å². The molecule has 1 saturated heterocycles. The first kappa shape index (κ1) is 40.3. The summed E-state index contributed by atoms with van der Waals surface area (Å²) in [6.07, 6.45) is 6.00. The molecule has 1 aliphatic rings. The Morgan fingerprint density at radius 2 is 1.49 bits per heavy atom. The zero-order valence-electron chi connectivity index (χ0n) is 30.5. The summed E-state index contributed by atoms with van der Waals surface area (Å²) in [6, 6.07) is 21.6. The second-order valence-electron chi connectivity index (χ2n) is 13.4. The van der Waals surface area contributed by atoms with Crippen LogP contribution in [0.3, 0.4) is 0 Å². The van der Waals surface area contributed by atoms with Crippen LogP contribution in [0.5, 0.6) is 0 Å². The first-order valence-electron chi connectivity index (χ1n) is 18.2. The Kier molecular flexibility index (Phi) is 15.8. The fraction of sp³-hybridized carbons (Fsp3) is 0.463. The molecular weight excluding hydrogens is 679 g/mol. The number of Topliss-reactive ketones (excluding diaryl/α,β-unsaturated/α-hetero) is 2. The van der Waals surface area contributed by atoms with Gasteiger partial charge in [-0.3, -0.25) is 14.5 Å². The zero-order chi connectivity index (χ0) is 36.8. The summed E-state index contributed by atoms with van der Waals surface area (Å²) >= 11 is 9.02. The van der Waals surface area contributed by atoms with Gasteiger partial charge >= 0.3 is 5.97 Å². The second-order valence-corrected chi connectivity index (χ2v) is 14.1. The van der Waals surface area contributed by atoms with Crippen LogP contribution in [0.15, 0.2) is 71.9 Å². The highest BCUT2D eigenvalue weighted by Gasteiger charge is 2.36. The summed E-state index contributed by atoms with van der Waals surface area (Å²) in [5.74, 6) is 0.322. The minimum atomic E-state index is -0.681. The van der Waals surface area contributed by atoms with Crippen molar-refractivity contribution in [2.24, 2.45) is 5.16 Å². The molecule has 0 aromatic heterocycles. The van der Waals surface area contributed by atoms with E-state index in [4.69, 9.17) is 22.2 Å². The van der Waals surface area contributed by atoms with E-state index in [1.165, 1.54) is 5.56 Å². The molecule has 1 heterocycles. The number of aryl methyl sites for hydroxylation is 1. The molecule has 1 fully saturated rings. The van der Waals surface area contributed by atoms with E-state index >= 15 is 0 Å². The van der Waals surface area contributed by atoms with Gasteiger partial charge in [0, 0.05) is 47.8 Å². The van der Waals surface area contributed by atoms with E-state index in [2.05, 4.69) is 65.7 Å². The Morgan fingerprint density at radius 1 is 0.843 bits per heavy atom. The van der Waals surface area contributed by atoms with Gasteiger partial charge in [0.25, 0.3) is 0 Å². The number of benzene rings is 3. The lowest BCUT2D eigenvalue weighted by molar-refractivity contribution is -0.143. The molecule has 4 rings (SSSR count). The van der Waals surface area contributed by atoms with Gasteiger partial charge in [0.15, 0.2) is 5.78 Å². The summed E-state index contributed by atoms with van der Waals surface area (Å²) in [7, 11) is 0. The first-order chi connectivity index (χ1) is 24.6. The third-order valence-electron chi connectivity index (χ3n) is 9.43. The number of anilines is 3. The van der Waals surface area contributed by atoms with Crippen LogP contribution in [-0.4, -0.2) is 65.7 Å². The van der Waals surface area contributed by atoms with Crippen molar-refractivity contribution in [3.05, 3.63) is 89.0 Å². The molecule has 51 heavy (non-hydrogen) atoms. The Labute approximate surface area is 314 Å². The number of carbonyl (C=O) groups excluding carboxylic acids is 3. The molecule has 0 N–H and O–H groups in total. The van der Waals surface area contributed by atoms with E-state index in [1.807, 2.05) is 44.2 Å². The Balaban J connectivity index is 1.65. The fourth-order valence-corrected chi connectivity index (χ4v) is 6.63. The monoisotopic (exact) mass is 731 g/mol. The molecule has 1 aliphatic heterocycles. The van der Waals surface area contributed by atoms with Crippen molar-refractivity contribution in [1.82, 2.24) is 4.90 Å². The summed E-state index contributed by atoms with van der Waals surface area (Å²) in [6.45, 7) is 10.8. The molecule has 0 radical (unpaired) electrons. The number of rotatable bonds is 19. The van der Waals surface area contributed by atoms with Gasteiger partial charge < -0.3 is 14.5 Å². The SMILES string of the molecule is CCCCCCC(=O)O/N=C(\CCCS)C(=O)c1ccc(N(c2ccc(CC)cc2)c2ccc(C(=O)C(C)(C)N3CCOCC3)cc2CS)cc1. The van der Waals surface area contributed by atoms with Crippen LogP contribution in [0.4, 0.5) is 17.1 Å². The van der Waals surface area contributed by atoms with Crippen molar-refractivity contribution < 1.29 is 24.0 Å². The average molecular weight is 732 g/mol. The van der Waals surface area contributed by atoms with E-state index in [9.17, 15) is 14.4 Å². The highest BCUT2D eigenvalue weighted by atomic mass is 32.1. The number of ether oxygens (including phenoxy) is 1. The summed E-state index contributed by atoms with van der Waals surface area (Å²) in [4.78, 5) is 49.3. The Morgan fingerprint density at radius 3 is 2.10 bits per heavy atom. The van der Waals surface area contributed by atoms with E-state index in [0.717, 1.165) is 54.7 Å². The number of ketones is 2. The normalized spacial score (nSPS) is 14.0. The van der Waals surface area contributed by atoms with E-state index in [0.29, 0.717) is 61.8 Å². The number of nitrogens with zero attached hydrogens (tertiary/aromatic N) is 3. The van der Waals surface area contributed by atoms with Crippen LogP contribution in [0.25, 0.3) is 0 Å². The number of thiol groups is 2. The number of oxime groups is 1. The molecule has 0 atom stereocenters. The quantitative estimate of drug-likeness (QED) is 0.0318. The highest BCUT2D eigenvalue weighted by molar-refractivity contribution is 7.80. The van der Waals surface area contributed by atoms with Crippen LogP contribution in [0.2, 0.25) is 0 Å².